The number of benzene rings is 1. The maximum absolute atomic E-state index is 4.60. The van der Waals surface area contributed by atoms with Crippen molar-refractivity contribution >= 4 is 32.9 Å². The van der Waals surface area contributed by atoms with Crippen LogP contribution in [0.3, 0.4) is 0 Å². The number of aromatic nitrogens is 3. The highest BCUT2D eigenvalue weighted by atomic mass is 32.1. The topological polar surface area (TPSA) is 53.9 Å². The van der Waals surface area contributed by atoms with Crippen LogP contribution < -0.4 is 10.2 Å². The summed E-state index contributed by atoms with van der Waals surface area (Å²) in [6.45, 7) is 10.3. The van der Waals surface area contributed by atoms with Crippen LogP contribution in [0.25, 0.3) is 27.0 Å². The van der Waals surface area contributed by atoms with E-state index in [-0.39, 0.29) is 0 Å². The summed E-state index contributed by atoms with van der Waals surface area (Å²) in [6.07, 6.45) is 5.06. The highest BCUT2D eigenvalue weighted by molar-refractivity contribution is 7.17. The molecule has 0 bridgehead atoms. The Labute approximate surface area is 176 Å². The van der Waals surface area contributed by atoms with Gasteiger partial charge in [-0.15, -0.1) is 21.5 Å². The van der Waals surface area contributed by atoms with Gasteiger partial charge in [-0.1, -0.05) is 37.8 Å². The van der Waals surface area contributed by atoms with Crippen LogP contribution in [0.2, 0.25) is 0 Å². The summed E-state index contributed by atoms with van der Waals surface area (Å²) in [4.78, 5) is 6.88. The predicted molar refractivity (Wildman–Crippen MR) is 123 cm³/mol. The highest BCUT2D eigenvalue weighted by Gasteiger charge is 2.26. The van der Waals surface area contributed by atoms with Crippen LogP contribution in [0, 0.1) is 5.92 Å². The molecular formula is C23H27N5S. The van der Waals surface area contributed by atoms with Gasteiger partial charge in [0.25, 0.3) is 0 Å². The van der Waals surface area contributed by atoms with Gasteiger partial charge in [0.1, 0.15) is 0 Å². The molecule has 4 rings (SSSR count). The fraction of sp³-hybridized carbons (Fsp3) is 0.348. The van der Waals surface area contributed by atoms with E-state index in [4.69, 9.17) is 0 Å². The van der Waals surface area contributed by atoms with Crippen molar-refractivity contribution in [3.63, 3.8) is 0 Å². The van der Waals surface area contributed by atoms with Crippen LogP contribution in [-0.4, -0.2) is 41.4 Å². The van der Waals surface area contributed by atoms with Gasteiger partial charge in [-0.25, -0.2) is 4.98 Å². The van der Waals surface area contributed by atoms with E-state index in [1.54, 1.807) is 11.3 Å². The standard InChI is InChI=1S/C23H27N5S/c1-5-16(6-2)17-7-8-18(23-22(17)25-14-29-23)19-9-10-21(27-26-19)28(4)20-11-12-24-13-15(20)3/h5-10,14-15,20,24H,1,11-13H2,2-4H3/b16-6+/t15-,20?/m1/s1. The summed E-state index contributed by atoms with van der Waals surface area (Å²) in [7, 11) is 2.13. The SMILES string of the molecule is C=C/C(=C\C)c1ccc(-c2ccc(N(C)C3CCNC[C@H]3C)nn2)c2scnc12. The number of hydrogen-bond acceptors (Lipinski definition) is 6. The molecule has 1 unspecified atom stereocenters. The molecule has 29 heavy (non-hydrogen) atoms. The van der Waals surface area contributed by atoms with Gasteiger partial charge in [-0.2, -0.15) is 0 Å². The molecule has 1 N–H and O–H groups in total. The molecule has 0 radical (unpaired) electrons. The maximum atomic E-state index is 4.60. The molecule has 3 aromatic rings. The Morgan fingerprint density at radius 3 is 2.83 bits per heavy atom. The lowest BCUT2D eigenvalue weighted by molar-refractivity contribution is 0.338. The van der Waals surface area contributed by atoms with Crippen molar-refractivity contribution in [3.05, 3.63) is 54.1 Å². The quantitative estimate of drug-likeness (QED) is 0.619. The minimum absolute atomic E-state index is 0.488. The predicted octanol–water partition coefficient (Wildman–Crippen LogP) is 4.78. The first-order valence-corrected chi connectivity index (χ1v) is 10.9. The number of allylic oxidation sites excluding steroid dienone is 3. The second-order valence-electron chi connectivity index (χ2n) is 7.56. The van der Waals surface area contributed by atoms with Crippen molar-refractivity contribution in [1.29, 1.82) is 0 Å². The molecule has 3 heterocycles. The van der Waals surface area contributed by atoms with Crippen LogP contribution in [0.15, 0.2) is 48.5 Å². The molecule has 0 saturated carbocycles. The van der Waals surface area contributed by atoms with Gasteiger partial charge in [-0.3, -0.25) is 0 Å². The van der Waals surface area contributed by atoms with E-state index < -0.39 is 0 Å². The molecule has 0 aliphatic carbocycles. The fourth-order valence-electron chi connectivity index (χ4n) is 4.17. The molecule has 150 valence electrons. The molecule has 0 spiro atoms. The third kappa shape index (κ3) is 3.70. The Balaban J connectivity index is 1.66. The van der Waals surface area contributed by atoms with E-state index in [9.17, 15) is 0 Å². The Hall–Kier alpha value is -2.57. The first-order valence-electron chi connectivity index (χ1n) is 10.1. The first-order chi connectivity index (χ1) is 14.1. The minimum atomic E-state index is 0.488. The smallest absolute Gasteiger partial charge is 0.151 e. The van der Waals surface area contributed by atoms with Crippen LogP contribution in [0.1, 0.15) is 25.8 Å². The van der Waals surface area contributed by atoms with E-state index in [2.05, 4.69) is 76.3 Å². The van der Waals surface area contributed by atoms with Crippen molar-refractivity contribution in [2.24, 2.45) is 5.92 Å². The van der Waals surface area contributed by atoms with Crippen LogP contribution >= 0.6 is 11.3 Å². The number of piperidine rings is 1. The van der Waals surface area contributed by atoms with Gasteiger partial charge in [0.05, 0.1) is 21.4 Å². The molecule has 5 nitrogen and oxygen atoms in total. The summed E-state index contributed by atoms with van der Waals surface area (Å²) >= 11 is 1.64. The Morgan fingerprint density at radius 1 is 1.28 bits per heavy atom. The molecule has 1 fully saturated rings. The number of fused-ring (bicyclic) bond motifs is 1. The summed E-state index contributed by atoms with van der Waals surface area (Å²) in [5.41, 5.74) is 7.03. The Kier molecular flexibility index (Phi) is 5.74. The van der Waals surface area contributed by atoms with E-state index in [1.807, 2.05) is 18.5 Å². The van der Waals surface area contributed by atoms with Crippen LogP contribution in [0.4, 0.5) is 5.82 Å². The van der Waals surface area contributed by atoms with Crippen molar-refractivity contribution in [1.82, 2.24) is 20.5 Å². The van der Waals surface area contributed by atoms with E-state index >= 15 is 0 Å². The van der Waals surface area contributed by atoms with Gasteiger partial charge in [-0.05, 0) is 50.1 Å². The van der Waals surface area contributed by atoms with E-state index in [1.165, 1.54) is 0 Å². The van der Waals surface area contributed by atoms with Gasteiger partial charge in [0.15, 0.2) is 5.82 Å². The number of rotatable bonds is 5. The third-order valence-corrected chi connectivity index (χ3v) is 6.71. The first kappa shape index (κ1) is 19.7. The number of anilines is 1. The monoisotopic (exact) mass is 405 g/mol. The zero-order valence-corrected chi connectivity index (χ0v) is 18.0. The molecule has 1 aromatic carbocycles. The number of thiazole rings is 1. The van der Waals surface area contributed by atoms with Gasteiger partial charge in [0, 0.05) is 24.2 Å². The highest BCUT2D eigenvalue weighted by Crippen LogP contribution is 2.35. The van der Waals surface area contributed by atoms with Crippen molar-refractivity contribution in [2.75, 3.05) is 25.0 Å². The molecular weight excluding hydrogens is 378 g/mol. The second-order valence-corrected chi connectivity index (χ2v) is 8.42. The summed E-state index contributed by atoms with van der Waals surface area (Å²) in [6, 6.07) is 8.86. The molecule has 0 amide bonds. The molecule has 1 aliphatic heterocycles. The minimum Gasteiger partial charge on any atom is -0.355 e. The lowest BCUT2D eigenvalue weighted by atomic mass is 9.94. The third-order valence-electron chi connectivity index (χ3n) is 5.85. The zero-order chi connectivity index (χ0) is 20.4. The Bertz CT molecular complexity index is 1040. The molecule has 1 aliphatic rings. The van der Waals surface area contributed by atoms with Crippen LogP contribution in [-0.2, 0) is 0 Å². The Morgan fingerprint density at radius 2 is 2.14 bits per heavy atom. The average Bonchev–Trinajstić information content (AvgIpc) is 3.25. The van der Waals surface area contributed by atoms with E-state index in [0.717, 1.165) is 57.9 Å². The maximum Gasteiger partial charge on any atom is 0.151 e. The molecule has 6 heteroatoms. The van der Waals surface area contributed by atoms with Crippen molar-refractivity contribution in [3.8, 4) is 11.3 Å². The number of nitrogens with one attached hydrogen (secondary N) is 1. The summed E-state index contributed by atoms with van der Waals surface area (Å²) in [5, 5.41) is 12.6. The summed E-state index contributed by atoms with van der Waals surface area (Å²) in [5.74, 6) is 1.51. The van der Waals surface area contributed by atoms with Crippen molar-refractivity contribution in [2.45, 2.75) is 26.3 Å². The summed E-state index contributed by atoms with van der Waals surface area (Å²) < 4.78 is 1.13. The second kappa shape index (κ2) is 8.43. The average molecular weight is 406 g/mol. The fourth-order valence-corrected chi connectivity index (χ4v) is 5.01. The van der Waals surface area contributed by atoms with Crippen molar-refractivity contribution < 1.29 is 0 Å². The van der Waals surface area contributed by atoms with E-state index in [0.29, 0.717) is 12.0 Å². The molecule has 1 saturated heterocycles. The number of nitrogens with zero attached hydrogens (tertiary/aromatic N) is 4. The zero-order valence-electron chi connectivity index (χ0n) is 17.2. The van der Waals surface area contributed by atoms with Crippen LogP contribution in [0.5, 0.6) is 0 Å². The van der Waals surface area contributed by atoms with Gasteiger partial charge in [0.2, 0.25) is 0 Å². The molecule has 2 aromatic heterocycles. The molecule has 2 atom stereocenters. The van der Waals surface area contributed by atoms with Gasteiger partial charge >= 0.3 is 0 Å². The van der Waals surface area contributed by atoms with Gasteiger partial charge < -0.3 is 10.2 Å². The lowest BCUT2D eigenvalue weighted by Gasteiger charge is -2.37. The largest absolute Gasteiger partial charge is 0.355 e. The normalized spacial score (nSPS) is 20.0. The lowest BCUT2D eigenvalue weighted by Crippen LogP contribution is -2.47. The number of hydrogen-bond donors (Lipinski definition) is 1.